The van der Waals surface area contributed by atoms with Gasteiger partial charge in [0.1, 0.15) is 5.58 Å². The molecule has 0 aliphatic heterocycles. The third-order valence-electron chi connectivity index (χ3n) is 5.27. The van der Waals surface area contributed by atoms with Gasteiger partial charge in [-0.05, 0) is 44.2 Å². The first-order chi connectivity index (χ1) is 14.8. The Kier molecular flexibility index (Phi) is 6.87. The van der Waals surface area contributed by atoms with Crippen LogP contribution in [0.4, 0.5) is 11.4 Å². The van der Waals surface area contributed by atoms with Crippen molar-refractivity contribution in [1.29, 1.82) is 0 Å². The van der Waals surface area contributed by atoms with Crippen LogP contribution < -0.4 is 10.6 Å². The fraction of sp³-hybridized carbons (Fsp3) is 0.292. The molecule has 0 radical (unpaired) electrons. The number of benzene rings is 2. The van der Waals surface area contributed by atoms with E-state index in [2.05, 4.69) is 10.6 Å². The van der Waals surface area contributed by atoms with Crippen LogP contribution >= 0.6 is 0 Å². The van der Waals surface area contributed by atoms with Crippen molar-refractivity contribution in [1.82, 2.24) is 4.90 Å². The summed E-state index contributed by atoms with van der Waals surface area (Å²) < 4.78 is 5.61. The molecule has 1 heterocycles. The summed E-state index contributed by atoms with van der Waals surface area (Å²) in [5.74, 6) is -0.709. The number of nitrogens with zero attached hydrogens (tertiary/aromatic N) is 1. The third-order valence-corrected chi connectivity index (χ3v) is 5.27. The molecule has 31 heavy (non-hydrogen) atoms. The average Bonchev–Trinajstić information content (AvgIpc) is 3.12. The van der Waals surface area contributed by atoms with E-state index in [0.717, 1.165) is 17.7 Å². The molecule has 1 unspecified atom stereocenters. The number of rotatable bonds is 8. The van der Waals surface area contributed by atoms with Crippen LogP contribution in [0.3, 0.4) is 0 Å². The van der Waals surface area contributed by atoms with Crippen LogP contribution in [0.1, 0.15) is 36.9 Å². The summed E-state index contributed by atoms with van der Waals surface area (Å²) in [5, 5.41) is 6.38. The number of ketones is 1. The molecule has 0 fully saturated rings. The van der Waals surface area contributed by atoms with Gasteiger partial charge in [-0.2, -0.15) is 0 Å². The number of Topliss-reactive ketones (excluding diaryl/α,β-unsaturated/α-hetero) is 1. The Hall–Kier alpha value is -3.45. The number of carbonyl (C=O) groups is 3. The average molecular weight is 421 g/mol. The summed E-state index contributed by atoms with van der Waals surface area (Å²) in [4.78, 5) is 39.0. The summed E-state index contributed by atoms with van der Waals surface area (Å²) in [7, 11) is 1.70. The lowest BCUT2D eigenvalue weighted by Crippen LogP contribution is -2.43. The topological polar surface area (TPSA) is 91.7 Å². The Balaban J connectivity index is 1.69. The van der Waals surface area contributed by atoms with Crippen LogP contribution in [-0.4, -0.2) is 42.1 Å². The van der Waals surface area contributed by atoms with Gasteiger partial charge < -0.3 is 15.1 Å². The number of hydrogen-bond acceptors (Lipinski definition) is 5. The lowest BCUT2D eigenvalue weighted by atomic mass is 10.1. The van der Waals surface area contributed by atoms with E-state index in [1.165, 1.54) is 6.92 Å². The van der Waals surface area contributed by atoms with Crippen molar-refractivity contribution in [2.75, 3.05) is 24.2 Å². The molecule has 3 rings (SSSR count). The van der Waals surface area contributed by atoms with E-state index in [-0.39, 0.29) is 29.9 Å². The zero-order chi connectivity index (χ0) is 22.5. The number of amides is 2. The predicted octanol–water partition coefficient (Wildman–Crippen LogP) is 4.10. The maximum Gasteiger partial charge on any atom is 0.241 e. The highest BCUT2D eigenvalue weighted by Crippen LogP contribution is 2.31. The summed E-state index contributed by atoms with van der Waals surface area (Å²) in [6.45, 7) is 5.16. The van der Waals surface area contributed by atoms with Gasteiger partial charge in [0.15, 0.2) is 11.5 Å². The molecule has 7 heteroatoms. The van der Waals surface area contributed by atoms with Crippen molar-refractivity contribution in [2.24, 2.45) is 0 Å². The molecule has 1 atom stereocenters. The highest BCUT2D eigenvalue weighted by molar-refractivity contribution is 6.11. The molecule has 7 nitrogen and oxygen atoms in total. The molecule has 1 aromatic heterocycles. The van der Waals surface area contributed by atoms with Crippen molar-refractivity contribution >= 4 is 39.9 Å². The van der Waals surface area contributed by atoms with Crippen molar-refractivity contribution in [2.45, 2.75) is 33.2 Å². The lowest BCUT2D eigenvalue weighted by molar-refractivity contribution is -0.122. The van der Waals surface area contributed by atoms with Crippen molar-refractivity contribution in [3.05, 3.63) is 59.9 Å². The predicted molar refractivity (Wildman–Crippen MR) is 121 cm³/mol. The van der Waals surface area contributed by atoms with E-state index >= 15 is 0 Å². The molecular weight excluding hydrogens is 394 g/mol. The summed E-state index contributed by atoms with van der Waals surface area (Å²) in [5.41, 5.74) is 2.71. The Morgan fingerprint density at radius 3 is 2.42 bits per heavy atom. The second-order valence-corrected chi connectivity index (χ2v) is 7.50. The molecule has 2 aromatic carbocycles. The Morgan fingerprint density at radius 2 is 1.71 bits per heavy atom. The van der Waals surface area contributed by atoms with Gasteiger partial charge in [-0.3, -0.25) is 19.3 Å². The van der Waals surface area contributed by atoms with Crippen LogP contribution in [0.5, 0.6) is 0 Å². The van der Waals surface area contributed by atoms with Gasteiger partial charge in [-0.1, -0.05) is 37.3 Å². The van der Waals surface area contributed by atoms with Gasteiger partial charge in [-0.15, -0.1) is 0 Å². The van der Waals surface area contributed by atoms with Crippen LogP contribution in [0, 0.1) is 0 Å². The quantitative estimate of drug-likeness (QED) is 0.535. The lowest BCUT2D eigenvalue weighted by Gasteiger charge is -2.23. The number of para-hydroxylation sites is 2. The first-order valence-electron chi connectivity index (χ1n) is 10.2. The number of fused-ring (bicyclic) bond motifs is 1. The second kappa shape index (κ2) is 9.57. The van der Waals surface area contributed by atoms with E-state index in [1.54, 1.807) is 37.1 Å². The van der Waals surface area contributed by atoms with E-state index in [0.29, 0.717) is 16.7 Å². The Labute approximate surface area is 181 Å². The molecule has 0 saturated carbocycles. The fourth-order valence-electron chi connectivity index (χ4n) is 3.35. The largest absolute Gasteiger partial charge is 0.451 e. The van der Waals surface area contributed by atoms with Gasteiger partial charge in [-0.25, -0.2) is 0 Å². The Bertz CT molecular complexity index is 1120. The number of likely N-dealkylation sites (N-methyl/N-ethyl adjacent to an activating group) is 1. The number of aryl methyl sites for hydroxylation is 1. The number of carbonyl (C=O) groups excluding carboxylic acids is 3. The molecule has 2 N–H and O–H groups in total. The summed E-state index contributed by atoms with van der Waals surface area (Å²) in [6.07, 6.45) is 0.808. The molecule has 0 bridgehead atoms. The normalized spacial score (nSPS) is 12.0. The van der Waals surface area contributed by atoms with Gasteiger partial charge in [0.25, 0.3) is 0 Å². The number of hydrogen-bond donors (Lipinski definition) is 2. The first kappa shape index (κ1) is 22.2. The Morgan fingerprint density at radius 1 is 1.03 bits per heavy atom. The third kappa shape index (κ3) is 5.00. The van der Waals surface area contributed by atoms with Crippen LogP contribution in [0.25, 0.3) is 11.0 Å². The number of furan rings is 1. The fourth-order valence-corrected chi connectivity index (χ4v) is 3.35. The zero-order valence-corrected chi connectivity index (χ0v) is 18.2. The SMILES string of the molecule is CCc1ccccc1NC(=O)CN(C)C(C)C(=O)Nc1c(C(C)=O)oc2ccccc12. The number of nitrogens with one attached hydrogen (secondary N) is 2. The minimum absolute atomic E-state index is 0.0400. The van der Waals surface area contributed by atoms with E-state index in [4.69, 9.17) is 4.42 Å². The molecule has 162 valence electrons. The standard InChI is InChI=1S/C24H27N3O4/c1-5-17-10-6-8-12-19(17)25-21(29)14-27(4)15(2)24(30)26-22-18-11-7-9-13-20(18)31-23(22)16(3)28/h6-13,15H,5,14H2,1-4H3,(H,25,29)(H,26,30). The van der Waals surface area contributed by atoms with Crippen LogP contribution in [-0.2, 0) is 16.0 Å². The van der Waals surface area contributed by atoms with Gasteiger partial charge in [0, 0.05) is 18.0 Å². The molecular formula is C24H27N3O4. The monoisotopic (exact) mass is 421 g/mol. The highest BCUT2D eigenvalue weighted by atomic mass is 16.3. The minimum Gasteiger partial charge on any atom is -0.451 e. The number of anilines is 2. The zero-order valence-electron chi connectivity index (χ0n) is 18.2. The van der Waals surface area contributed by atoms with Gasteiger partial charge in [0.05, 0.1) is 18.3 Å². The van der Waals surface area contributed by atoms with Crippen molar-refractivity contribution in [3.8, 4) is 0 Å². The molecule has 3 aromatic rings. The molecule has 0 saturated heterocycles. The minimum atomic E-state index is -0.611. The van der Waals surface area contributed by atoms with Gasteiger partial charge in [0.2, 0.25) is 11.8 Å². The van der Waals surface area contributed by atoms with Crippen LogP contribution in [0.15, 0.2) is 52.9 Å². The van der Waals surface area contributed by atoms with Crippen LogP contribution in [0.2, 0.25) is 0 Å². The molecule has 0 aliphatic carbocycles. The smallest absolute Gasteiger partial charge is 0.241 e. The first-order valence-corrected chi connectivity index (χ1v) is 10.2. The highest BCUT2D eigenvalue weighted by Gasteiger charge is 2.25. The molecule has 0 spiro atoms. The maximum atomic E-state index is 12.9. The maximum absolute atomic E-state index is 12.9. The summed E-state index contributed by atoms with van der Waals surface area (Å²) in [6, 6.07) is 14.2. The molecule has 2 amide bonds. The van der Waals surface area contributed by atoms with Gasteiger partial charge >= 0.3 is 0 Å². The van der Waals surface area contributed by atoms with Crippen molar-refractivity contribution < 1.29 is 18.8 Å². The second-order valence-electron chi connectivity index (χ2n) is 7.50. The molecule has 0 aliphatic rings. The summed E-state index contributed by atoms with van der Waals surface area (Å²) >= 11 is 0. The van der Waals surface area contributed by atoms with E-state index in [9.17, 15) is 14.4 Å². The van der Waals surface area contributed by atoms with Crippen molar-refractivity contribution in [3.63, 3.8) is 0 Å². The van der Waals surface area contributed by atoms with E-state index < -0.39 is 6.04 Å². The van der Waals surface area contributed by atoms with E-state index in [1.807, 2.05) is 37.3 Å².